The van der Waals surface area contributed by atoms with Crippen LogP contribution in [0.2, 0.25) is 0 Å². The fourth-order valence-electron chi connectivity index (χ4n) is 3.16. The van der Waals surface area contributed by atoms with Gasteiger partial charge in [-0.3, -0.25) is 14.8 Å². The van der Waals surface area contributed by atoms with Crippen molar-refractivity contribution in [3.8, 4) is 0 Å². The van der Waals surface area contributed by atoms with Gasteiger partial charge >= 0.3 is 0 Å². The molecule has 0 radical (unpaired) electrons. The van der Waals surface area contributed by atoms with Crippen LogP contribution in [0.15, 0.2) is 60.7 Å². The molecule has 0 atom stereocenters. The van der Waals surface area contributed by atoms with Crippen LogP contribution in [0.4, 0.5) is 5.69 Å². The van der Waals surface area contributed by atoms with Gasteiger partial charge in [0.1, 0.15) is 0 Å². The van der Waals surface area contributed by atoms with E-state index in [4.69, 9.17) is 17.0 Å². The molecule has 0 saturated carbocycles. The van der Waals surface area contributed by atoms with E-state index in [-0.39, 0.29) is 10.4 Å². The monoisotopic (exact) mass is 425 g/mol. The molecule has 0 aromatic heterocycles. The van der Waals surface area contributed by atoms with Crippen molar-refractivity contribution in [3.63, 3.8) is 0 Å². The molecule has 1 aliphatic heterocycles. The van der Waals surface area contributed by atoms with Crippen molar-refractivity contribution in [2.75, 3.05) is 38.1 Å². The maximum Gasteiger partial charge on any atom is 0.285 e. The summed E-state index contributed by atoms with van der Waals surface area (Å²) < 4.78 is -0.00603. The quantitative estimate of drug-likeness (QED) is 0.251. The number of ketones is 1. The van der Waals surface area contributed by atoms with Crippen LogP contribution in [0.3, 0.4) is 0 Å². The van der Waals surface area contributed by atoms with Crippen LogP contribution in [-0.2, 0) is 4.79 Å². The molecule has 0 unspecified atom stereocenters. The van der Waals surface area contributed by atoms with Gasteiger partial charge in [-0.1, -0.05) is 24.3 Å². The fraction of sp³-hybridized carbons (Fsp3) is 0.217. The molecule has 1 aliphatic rings. The normalized spacial score (nSPS) is 15.1. The molecule has 2 aromatic rings. The molecular formula is C23H24ClN3O3. The summed E-state index contributed by atoms with van der Waals surface area (Å²) in [6.45, 7) is 4.05. The lowest BCUT2D eigenvalue weighted by Crippen LogP contribution is -2.44. The number of benzene rings is 2. The SMILES string of the molecule is CN1CCN(c2ccc(C(=O)/C=C/c3cccc(/C=C/C(=O)N(O)Cl)c3)cc2)CC1. The first-order valence-corrected chi connectivity index (χ1v) is 9.99. The highest BCUT2D eigenvalue weighted by Gasteiger charge is 2.14. The first-order valence-electron chi connectivity index (χ1n) is 9.65. The van der Waals surface area contributed by atoms with Crippen LogP contribution in [0.1, 0.15) is 21.5 Å². The second kappa shape index (κ2) is 10.2. The van der Waals surface area contributed by atoms with Gasteiger partial charge in [-0.15, -0.1) is 4.58 Å². The van der Waals surface area contributed by atoms with Crippen molar-refractivity contribution >= 4 is 41.3 Å². The van der Waals surface area contributed by atoms with E-state index < -0.39 is 5.91 Å². The van der Waals surface area contributed by atoms with Gasteiger partial charge in [-0.05, 0) is 60.7 Å². The number of amides is 1. The molecule has 1 N–H and O–H groups in total. The number of rotatable bonds is 6. The Morgan fingerprint density at radius 2 is 1.57 bits per heavy atom. The molecule has 1 saturated heterocycles. The number of nitrogens with zero attached hydrogens (tertiary/aromatic N) is 3. The molecule has 1 amide bonds. The number of carbonyl (C=O) groups is 2. The summed E-state index contributed by atoms with van der Waals surface area (Å²) in [4.78, 5) is 28.4. The van der Waals surface area contributed by atoms with Crippen molar-refractivity contribution in [1.29, 1.82) is 0 Å². The Morgan fingerprint density at radius 3 is 2.17 bits per heavy atom. The molecule has 3 rings (SSSR count). The van der Waals surface area contributed by atoms with Crippen molar-refractivity contribution in [2.45, 2.75) is 0 Å². The number of halogens is 1. The third-order valence-corrected chi connectivity index (χ3v) is 5.12. The predicted molar refractivity (Wildman–Crippen MR) is 119 cm³/mol. The average molecular weight is 426 g/mol. The predicted octanol–water partition coefficient (Wildman–Crippen LogP) is 3.72. The van der Waals surface area contributed by atoms with Gasteiger partial charge in [0.15, 0.2) is 5.78 Å². The van der Waals surface area contributed by atoms with E-state index in [0.717, 1.165) is 49.1 Å². The van der Waals surface area contributed by atoms with E-state index in [1.165, 1.54) is 12.2 Å². The maximum atomic E-state index is 12.5. The number of hydroxylamine groups is 1. The Morgan fingerprint density at radius 1 is 0.967 bits per heavy atom. The summed E-state index contributed by atoms with van der Waals surface area (Å²) in [5, 5.41) is 8.85. The third kappa shape index (κ3) is 6.03. The highest BCUT2D eigenvalue weighted by Crippen LogP contribution is 2.18. The minimum atomic E-state index is -0.743. The molecule has 7 heteroatoms. The zero-order valence-electron chi connectivity index (χ0n) is 16.7. The first-order chi connectivity index (χ1) is 14.4. The van der Waals surface area contributed by atoms with E-state index in [1.807, 2.05) is 42.5 Å². The van der Waals surface area contributed by atoms with Crippen LogP contribution in [-0.4, -0.2) is 59.6 Å². The van der Waals surface area contributed by atoms with Gasteiger partial charge in [0.2, 0.25) is 0 Å². The van der Waals surface area contributed by atoms with Gasteiger partial charge in [0, 0.05) is 55.3 Å². The van der Waals surface area contributed by atoms with E-state index in [2.05, 4.69) is 16.8 Å². The fourth-order valence-corrected chi connectivity index (χ4v) is 3.22. The lowest BCUT2D eigenvalue weighted by Gasteiger charge is -2.34. The van der Waals surface area contributed by atoms with E-state index in [9.17, 15) is 9.59 Å². The number of allylic oxidation sites excluding steroid dienone is 1. The van der Waals surface area contributed by atoms with E-state index in [1.54, 1.807) is 12.1 Å². The zero-order valence-corrected chi connectivity index (χ0v) is 17.5. The summed E-state index contributed by atoms with van der Waals surface area (Å²) >= 11 is 5.16. The molecule has 156 valence electrons. The second-order valence-electron chi connectivity index (χ2n) is 7.14. The molecule has 6 nitrogen and oxygen atoms in total. The molecule has 2 aromatic carbocycles. The Kier molecular flexibility index (Phi) is 7.41. The lowest BCUT2D eigenvalue weighted by atomic mass is 10.1. The number of hydrogen-bond donors (Lipinski definition) is 1. The summed E-state index contributed by atoms with van der Waals surface area (Å²) in [5.74, 6) is -0.818. The zero-order chi connectivity index (χ0) is 21.5. The molecule has 0 spiro atoms. The molecule has 0 aliphatic carbocycles. The number of hydrogen-bond acceptors (Lipinski definition) is 5. The highest BCUT2D eigenvalue weighted by atomic mass is 35.5. The third-order valence-electron chi connectivity index (χ3n) is 4.96. The Bertz CT molecular complexity index is 946. The summed E-state index contributed by atoms with van der Waals surface area (Å²) in [5.41, 5.74) is 3.33. The molecular weight excluding hydrogens is 402 g/mol. The van der Waals surface area contributed by atoms with Crippen LogP contribution in [0.5, 0.6) is 0 Å². The van der Waals surface area contributed by atoms with E-state index in [0.29, 0.717) is 5.56 Å². The summed E-state index contributed by atoms with van der Waals surface area (Å²) in [6.07, 6.45) is 5.95. The number of likely N-dealkylation sites (N-methyl/N-ethyl adjacent to an activating group) is 1. The second-order valence-corrected chi connectivity index (χ2v) is 7.46. The van der Waals surface area contributed by atoms with Gasteiger partial charge in [0.25, 0.3) is 5.91 Å². The largest absolute Gasteiger partial charge is 0.369 e. The molecule has 0 bridgehead atoms. The molecule has 1 heterocycles. The lowest BCUT2D eigenvalue weighted by molar-refractivity contribution is -0.140. The van der Waals surface area contributed by atoms with Crippen molar-refractivity contribution in [2.24, 2.45) is 0 Å². The molecule has 30 heavy (non-hydrogen) atoms. The van der Waals surface area contributed by atoms with E-state index >= 15 is 0 Å². The van der Waals surface area contributed by atoms with Crippen LogP contribution < -0.4 is 4.90 Å². The first kappa shape index (κ1) is 21.8. The van der Waals surface area contributed by atoms with Gasteiger partial charge in [0.05, 0.1) is 0 Å². The minimum absolute atomic E-state index is 0.00603. The van der Waals surface area contributed by atoms with Gasteiger partial charge in [-0.25, -0.2) is 0 Å². The topological polar surface area (TPSA) is 64.1 Å². The Hall–Kier alpha value is -2.93. The average Bonchev–Trinajstić information content (AvgIpc) is 2.76. The number of piperazine rings is 1. The Labute approximate surface area is 181 Å². The van der Waals surface area contributed by atoms with Crippen LogP contribution >= 0.6 is 11.8 Å². The van der Waals surface area contributed by atoms with Crippen molar-refractivity contribution in [1.82, 2.24) is 9.48 Å². The number of carbonyl (C=O) groups excluding carboxylic acids is 2. The highest BCUT2D eigenvalue weighted by molar-refractivity contribution is 6.22. The summed E-state index contributed by atoms with van der Waals surface area (Å²) in [7, 11) is 2.12. The van der Waals surface area contributed by atoms with Gasteiger partial charge < -0.3 is 9.80 Å². The van der Waals surface area contributed by atoms with Crippen molar-refractivity contribution < 1.29 is 14.8 Å². The smallest absolute Gasteiger partial charge is 0.285 e. The maximum absolute atomic E-state index is 12.5. The Balaban J connectivity index is 1.63. The standard InChI is InChI=1S/C23H24ClN3O3/c1-25-13-15-26(16-14-25)21-9-7-20(8-10-21)22(28)11-5-18-3-2-4-19(17-18)6-12-23(29)27(24)30/h2-12,17,30H,13-16H2,1H3/b11-5+,12-6+. The van der Waals surface area contributed by atoms with Crippen LogP contribution in [0, 0.1) is 0 Å². The van der Waals surface area contributed by atoms with Crippen molar-refractivity contribution in [3.05, 3.63) is 77.4 Å². The van der Waals surface area contributed by atoms with Gasteiger partial charge in [-0.2, -0.15) is 0 Å². The van der Waals surface area contributed by atoms with Crippen LogP contribution in [0.25, 0.3) is 12.2 Å². The minimum Gasteiger partial charge on any atom is -0.369 e. The summed E-state index contributed by atoms with van der Waals surface area (Å²) in [6, 6.07) is 15.0. The number of anilines is 1. The molecule has 1 fully saturated rings.